The first-order valence-electron chi connectivity index (χ1n) is 15.1. The molecule has 222 valence electrons. The summed E-state index contributed by atoms with van der Waals surface area (Å²) in [4.78, 5) is 17.7. The second kappa shape index (κ2) is 16.5. The number of hydrogen-bond acceptors (Lipinski definition) is 6. The molecule has 0 spiro atoms. The number of aliphatic hydroxyl groups excluding tert-OH is 1. The van der Waals surface area contributed by atoms with Gasteiger partial charge in [0.2, 0.25) is 5.89 Å². The van der Waals surface area contributed by atoms with Gasteiger partial charge < -0.3 is 24.9 Å². The Labute approximate surface area is 249 Å². The molecule has 42 heavy (non-hydrogen) atoms. The van der Waals surface area contributed by atoms with Crippen molar-refractivity contribution in [1.82, 2.24) is 15.6 Å². The second-order valence-electron chi connectivity index (χ2n) is 10.6. The molecule has 3 aromatic carbocycles. The standard InChI is InChI=1S/C35H43N3O4/c1-3-5-6-9-19-41-33-17-8-7-14-28(33)23-31(32(39)25-36-24-27-13-10-12-26(4-2)21-27)38-34(40)29-15-11-16-30(22-29)35-37-18-20-42-35/h7-8,10-18,20-22,31-32,36,39H,3-6,9,19,23-25H2,1-2H3,(H,38,40). The van der Waals surface area contributed by atoms with E-state index >= 15 is 0 Å². The van der Waals surface area contributed by atoms with Crippen LogP contribution < -0.4 is 15.4 Å². The number of aromatic nitrogens is 1. The van der Waals surface area contributed by atoms with E-state index in [1.165, 1.54) is 24.7 Å². The highest BCUT2D eigenvalue weighted by molar-refractivity contribution is 5.95. The predicted molar refractivity (Wildman–Crippen MR) is 167 cm³/mol. The van der Waals surface area contributed by atoms with Crippen molar-refractivity contribution in [2.24, 2.45) is 0 Å². The molecule has 0 bridgehead atoms. The van der Waals surface area contributed by atoms with Gasteiger partial charge in [-0.3, -0.25) is 4.79 Å². The Kier molecular flexibility index (Phi) is 12.2. The summed E-state index contributed by atoms with van der Waals surface area (Å²) in [6, 6.07) is 22.9. The number of oxazole rings is 1. The smallest absolute Gasteiger partial charge is 0.251 e. The molecular weight excluding hydrogens is 526 g/mol. The molecule has 0 aliphatic carbocycles. The zero-order valence-electron chi connectivity index (χ0n) is 24.7. The average molecular weight is 570 g/mol. The minimum Gasteiger partial charge on any atom is -0.493 e. The minimum atomic E-state index is -0.837. The monoisotopic (exact) mass is 569 g/mol. The van der Waals surface area contributed by atoms with Crippen molar-refractivity contribution in [1.29, 1.82) is 0 Å². The van der Waals surface area contributed by atoms with Gasteiger partial charge in [0.1, 0.15) is 12.0 Å². The number of carbonyl (C=O) groups is 1. The van der Waals surface area contributed by atoms with E-state index in [1.54, 1.807) is 24.4 Å². The zero-order chi connectivity index (χ0) is 29.6. The highest BCUT2D eigenvalue weighted by atomic mass is 16.5. The maximum atomic E-state index is 13.5. The lowest BCUT2D eigenvalue weighted by molar-refractivity contribution is 0.0829. The topological polar surface area (TPSA) is 96.6 Å². The average Bonchev–Trinajstić information content (AvgIpc) is 3.57. The van der Waals surface area contributed by atoms with Crippen molar-refractivity contribution in [3.63, 3.8) is 0 Å². The van der Waals surface area contributed by atoms with Crippen LogP contribution in [-0.4, -0.2) is 41.3 Å². The van der Waals surface area contributed by atoms with Gasteiger partial charge in [-0.2, -0.15) is 0 Å². The van der Waals surface area contributed by atoms with E-state index in [-0.39, 0.29) is 5.91 Å². The van der Waals surface area contributed by atoms with Gasteiger partial charge in [-0.15, -0.1) is 0 Å². The quantitative estimate of drug-likeness (QED) is 0.128. The lowest BCUT2D eigenvalue weighted by atomic mass is 9.99. The number of para-hydroxylation sites is 1. The lowest BCUT2D eigenvalue weighted by Gasteiger charge is -2.26. The SMILES string of the molecule is CCCCCCOc1ccccc1CC(NC(=O)c1cccc(-c2ncco2)c1)C(O)CNCc1cccc(CC)c1. The van der Waals surface area contributed by atoms with Gasteiger partial charge in [-0.1, -0.05) is 81.6 Å². The van der Waals surface area contributed by atoms with Crippen LogP contribution in [0.25, 0.3) is 11.5 Å². The number of carbonyl (C=O) groups excluding carboxylic acids is 1. The number of hydrogen-bond donors (Lipinski definition) is 3. The van der Waals surface area contributed by atoms with Crippen molar-refractivity contribution < 1.29 is 19.1 Å². The van der Waals surface area contributed by atoms with Crippen LogP contribution in [0.3, 0.4) is 0 Å². The van der Waals surface area contributed by atoms with Crippen LogP contribution in [0.5, 0.6) is 5.75 Å². The fourth-order valence-electron chi connectivity index (χ4n) is 4.92. The first-order chi connectivity index (χ1) is 20.6. The summed E-state index contributed by atoms with van der Waals surface area (Å²) in [5, 5.41) is 17.8. The Hall–Kier alpha value is -3.94. The summed E-state index contributed by atoms with van der Waals surface area (Å²) in [6.07, 6.45) is 8.13. The van der Waals surface area contributed by atoms with Gasteiger partial charge >= 0.3 is 0 Å². The van der Waals surface area contributed by atoms with E-state index in [2.05, 4.69) is 53.7 Å². The van der Waals surface area contributed by atoms with Gasteiger partial charge in [0.05, 0.1) is 24.9 Å². The molecule has 4 rings (SSSR count). The van der Waals surface area contributed by atoms with Crippen LogP contribution in [0, 0.1) is 0 Å². The molecule has 2 atom stereocenters. The number of aryl methyl sites for hydroxylation is 1. The van der Waals surface area contributed by atoms with Gasteiger partial charge in [-0.05, 0) is 60.2 Å². The van der Waals surface area contributed by atoms with Gasteiger partial charge in [-0.25, -0.2) is 4.98 Å². The summed E-state index contributed by atoms with van der Waals surface area (Å²) >= 11 is 0. The van der Waals surface area contributed by atoms with Crippen LogP contribution in [0.2, 0.25) is 0 Å². The Morgan fingerprint density at radius 3 is 2.62 bits per heavy atom. The summed E-state index contributed by atoms with van der Waals surface area (Å²) in [6.45, 7) is 5.91. The molecule has 0 aliphatic rings. The van der Waals surface area contributed by atoms with Crippen molar-refractivity contribution in [3.8, 4) is 17.2 Å². The molecule has 0 radical (unpaired) electrons. The fourth-order valence-corrected chi connectivity index (χ4v) is 4.92. The molecule has 4 aromatic rings. The number of amides is 1. The second-order valence-corrected chi connectivity index (χ2v) is 10.6. The Morgan fingerprint density at radius 2 is 1.81 bits per heavy atom. The third-order valence-electron chi connectivity index (χ3n) is 7.34. The molecular formula is C35H43N3O4. The molecule has 7 nitrogen and oxygen atoms in total. The predicted octanol–water partition coefficient (Wildman–Crippen LogP) is 6.35. The maximum Gasteiger partial charge on any atom is 0.251 e. The molecule has 3 N–H and O–H groups in total. The van der Waals surface area contributed by atoms with E-state index in [0.717, 1.165) is 36.1 Å². The highest BCUT2D eigenvalue weighted by Gasteiger charge is 2.24. The fraction of sp³-hybridized carbons (Fsp3) is 0.371. The van der Waals surface area contributed by atoms with Crippen molar-refractivity contribution in [3.05, 3.63) is 108 Å². The highest BCUT2D eigenvalue weighted by Crippen LogP contribution is 2.22. The zero-order valence-corrected chi connectivity index (χ0v) is 24.7. The normalized spacial score (nSPS) is 12.5. The molecule has 1 heterocycles. The third kappa shape index (κ3) is 9.29. The number of nitrogens with zero attached hydrogens (tertiary/aromatic N) is 1. The Balaban J connectivity index is 1.47. The molecule has 7 heteroatoms. The third-order valence-corrected chi connectivity index (χ3v) is 7.34. The Morgan fingerprint density at radius 1 is 0.976 bits per heavy atom. The number of rotatable bonds is 17. The Bertz CT molecular complexity index is 1370. The van der Waals surface area contributed by atoms with E-state index < -0.39 is 12.1 Å². The first-order valence-corrected chi connectivity index (χ1v) is 15.1. The van der Waals surface area contributed by atoms with Crippen molar-refractivity contribution >= 4 is 5.91 Å². The van der Waals surface area contributed by atoms with Crippen molar-refractivity contribution in [2.75, 3.05) is 13.2 Å². The van der Waals surface area contributed by atoms with E-state index in [4.69, 9.17) is 9.15 Å². The lowest BCUT2D eigenvalue weighted by Crippen LogP contribution is -2.48. The largest absolute Gasteiger partial charge is 0.493 e. The summed E-state index contributed by atoms with van der Waals surface area (Å²) in [5.41, 5.74) is 4.56. The van der Waals surface area contributed by atoms with Crippen LogP contribution in [0.1, 0.15) is 66.6 Å². The van der Waals surface area contributed by atoms with Gasteiger partial charge in [0, 0.05) is 24.2 Å². The number of benzene rings is 3. The summed E-state index contributed by atoms with van der Waals surface area (Å²) < 4.78 is 11.6. The molecule has 1 aromatic heterocycles. The number of unbranched alkanes of at least 4 members (excludes halogenated alkanes) is 3. The van der Waals surface area contributed by atoms with Gasteiger partial charge in [0.15, 0.2) is 0 Å². The number of nitrogens with one attached hydrogen (secondary N) is 2. The molecule has 0 saturated carbocycles. The molecule has 1 amide bonds. The van der Waals surface area contributed by atoms with Crippen LogP contribution >= 0.6 is 0 Å². The summed E-state index contributed by atoms with van der Waals surface area (Å²) in [7, 11) is 0. The van der Waals surface area contributed by atoms with Crippen LogP contribution in [0.15, 0.2) is 89.7 Å². The first kappa shape index (κ1) is 31.0. The molecule has 0 aliphatic heterocycles. The molecule has 0 saturated heterocycles. The van der Waals surface area contributed by atoms with E-state index in [0.29, 0.717) is 43.1 Å². The maximum absolute atomic E-state index is 13.5. The van der Waals surface area contributed by atoms with E-state index in [9.17, 15) is 9.90 Å². The van der Waals surface area contributed by atoms with Crippen LogP contribution in [-0.2, 0) is 19.4 Å². The minimum absolute atomic E-state index is 0.277. The number of ether oxygens (including phenoxy) is 1. The number of aliphatic hydroxyl groups is 1. The van der Waals surface area contributed by atoms with E-state index in [1.807, 2.05) is 30.3 Å². The summed E-state index contributed by atoms with van der Waals surface area (Å²) in [5.74, 6) is 0.958. The van der Waals surface area contributed by atoms with Crippen LogP contribution in [0.4, 0.5) is 0 Å². The molecule has 0 fully saturated rings. The van der Waals surface area contributed by atoms with Crippen molar-refractivity contribution in [2.45, 2.75) is 71.1 Å². The molecule has 2 unspecified atom stereocenters. The van der Waals surface area contributed by atoms with Gasteiger partial charge in [0.25, 0.3) is 5.91 Å².